The number of oxazole rings is 1. The Kier molecular flexibility index (Phi) is 7.14. The van der Waals surface area contributed by atoms with Crippen LogP contribution >= 0.6 is 0 Å². The molecule has 0 aliphatic heterocycles. The highest BCUT2D eigenvalue weighted by atomic mass is 16.3. The van der Waals surface area contributed by atoms with Crippen LogP contribution in [0.1, 0.15) is 0 Å². The van der Waals surface area contributed by atoms with Crippen LogP contribution in [0.3, 0.4) is 0 Å². The average molecular weight is 665 g/mol. The molecule has 3 heteroatoms. The Bertz CT molecular complexity index is 2890. The molecule has 0 amide bonds. The van der Waals surface area contributed by atoms with Crippen LogP contribution in [0.25, 0.3) is 77.1 Å². The minimum atomic E-state index is 0.630. The van der Waals surface area contributed by atoms with Crippen LogP contribution in [0.2, 0.25) is 0 Å². The molecule has 0 spiro atoms. The average Bonchev–Trinajstić information content (AvgIpc) is 3.67. The molecular formula is C49H32N2O. The molecule has 0 aliphatic carbocycles. The van der Waals surface area contributed by atoms with Crippen molar-refractivity contribution < 1.29 is 4.42 Å². The lowest BCUT2D eigenvalue weighted by Crippen LogP contribution is -2.11. The molecule has 1 heterocycles. The summed E-state index contributed by atoms with van der Waals surface area (Å²) in [6, 6.07) is 68.9. The van der Waals surface area contributed by atoms with Crippen LogP contribution in [0.5, 0.6) is 0 Å². The summed E-state index contributed by atoms with van der Waals surface area (Å²) in [6.45, 7) is 0. The molecule has 0 atom stereocenters. The summed E-state index contributed by atoms with van der Waals surface area (Å²) >= 11 is 0. The molecule has 0 saturated heterocycles. The van der Waals surface area contributed by atoms with E-state index in [4.69, 9.17) is 9.40 Å². The third-order valence-corrected chi connectivity index (χ3v) is 10.1. The highest BCUT2D eigenvalue weighted by Crippen LogP contribution is 2.43. The molecule has 0 bridgehead atoms. The number of aromatic nitrogens is 1. The van der Waals surface area contributed by atoms with Gasteiger partial charge in [0.2, 0.25) is 5.89 Å². The van der Waals surface area contributed by atoms with E-state index in [-0.39, 0.29) is 0 Å². The zero-order valence-electron chi connectivity index (χ0n) is 28.3. The summed E-state index contributed by atoms with van der Waals surface area (Å²) in [5.74, 6) is 0.630. The fraction of sp³-hybridized carbons (Fsp3) is 0. The normalized spacial score (nSPS) is 11.5. The van der Waals surface area contributed by atoms with E-state index in [0.717, 1.165) is 50.1 Å². The maximum absolute atomic E-state index is 6.40. The van der Waals surface area contributed by atoms with Crippen molar-refractivity contribution in [1.29, 1.82) is 0 Å². The Morgan fingerprint density at radius 1 is 0.385 bits per heavy atom. The maximum Gasteiger partial charge on any atom is 0.227 e. The maximum atomic E-state index is 6.40. The molecule has 10 aromatic rings. The Morgan fingerprint density at radius 2 is 1.00 bits per heavy atom. The van der Waals surface area contributed by atoms with Crippen molar-refractivity contribution in [2.75, 3.05) is 4.90 Å². The Labute approximate surface area is 301 Å². The minimum absolute atomic E-state index is 0.630. The molecule has 52 heavy (non-hydrogen) atoms. The lowest BCUT2D eigenvalue weighted by atomic mass is 9.93. The number of fused-ring (bicyclic) bond motifs is 6. The SMILES string of the molecule is c1ccc(-c2nc3ccc4cc(N(c5ccc(-c6cc7ccccc7c7ccccc67)cc5)c5ccccc5-c5ccccc5)ccc4c3o2)cc1. The number of anilines is 3. The zero-order chi connectivity index (χ0) is 34.4. The van der Waals surface area contributed by atoms with Gasteiger partial charge >= 0.3 is 0 Å². The zero-order valence-corrected chi connectivity index (χ0v) is 28.3. The quantitative estimate of drug-likeness (QED) is 0.166. The second kappa shape index (κ2) is 12.4. The van der Waals surface area contributed by atoms with E-state index < -0.39 is 0 Å². The summed E-state index contributed by atoms with van der Waals surface area (Å²) in [7, 11) is 0. The van der Waals surface area contributed by atoms with E-state index in [1.54, 1.807) is 0 Å². The first kappa shape index (κ1) is 29.9. The number of nitrogens with zero attached hydrogens (tertiary/aromatic N) is 2. The van der Waals surface area contributed by atoms with Gasteiger partial charge in [0, 0.05) is 27.9 Å². The minimum Gasteiger partial charge on any atom is -0.435 e. The molecule has 0 aliphatic rings. The number of para-hydroxylation sites is 1. The van der Waals surface area contributed by atoms with Gasteiger partial charge in [0.15, 0.2) is 5.58 Å². The van der Waals surface area contributed by atoms with Crippen molar-refractivity contribution in [3.8, 4) is 33.7 Å². The van der Waals surface area contributed by atoms with E-state index in [9.17, 15) is 0 Å². The molecular weight excluding hydrogens is 633 g/mol. The van der Waals surface area contributed by atoms with E-state index in [0.29, 0.717) is 5.89 Å². The van der Waals surface area contributed by atoms with Crippen LogP contribution < -0.4 is 4.90 Å². The van der Waals surface area contributed by atoms with Crippen LogP contribution in [-0.2, 0) is 0 Å². The van der Waals surface area contributed by atoms with E-state index in [1.807, 2.05) is 30.3 Å². The molecule has 1 aromatic heterocycles. The van der Waals surface area contributed by atoms with Crippen LogP contribution in [0, 0.1) is 0 Å². The summed E-state index contributed by atoms with van der Waals surface area (Å²) in [6.07, 6.45) is 0. The number of benzene rings is 9. The van der Waals surface area contributed by atoms with Crippen molar-refractivity contribution >= 4 is 60.5 Å². The summed E-state index contributed by atoms with van der Waals surface area (Å²) in [5, 5.41) is 7.16. The molecule has 0 N–H and O–H groups in total. The fourth-order valence-electron chi connectivity index (χ4n) is 7.59. The summed E-state index contributed by atoms with van der Waals surface area (Å²) < 4.78 is 6.40. The van der Waals surface area contributed by atoms with Gasteiger partial charge in [-0.3, -0.25) is 0 Å². The number of rotatable bonds is 6. The highest BCUT2D eigenvalue weighted by molar-refractivity contribution is 6.14. The van der Waals surface area contributed by atoms with Crippen molar-refractivity contribution in [3.05, 3.63) is 194 Å². The van der Waals surface area contributed by atoms with Crippen LogP contribution in [0.15, 0.2) is 199 Å². The van der Waals surface area contributed by atoms with Crippen LogP contribution in [-0.4, -0.2) is 4.98 Å². The monoisotopic (exact) mass is 664 g/mol. The van der Waals surface area contributed by atoms with E-state index >= 15 is 0 Å². The first-order valence-electron chi connectivity index (χ1n) is 17.6. The predicted molar refractivity (Wildman–Crippen MR) is 218 cm³/mol. The summed E-state index contributed by atoms with van der Waals surface area (Å²) in [4.78, 5) is 7.19. The number of hydrogen-bond donors (Lipinski definition) is 0. The van der Waals surface area contributed by atoms with Crippen molar-refractivity contribution in [1.82, 2.24) is 4.98 Å². The topological polar surface area (TPSA) is 29.3 Å². The molecule has 10 rings (SSSR count). The lowest BCUT2D eigenvalue weighted by molar-refractivity contribution is 0.623. The predicted octanol–water partition coefficient (Wildman–Crippen LogP) is 13.8. The van der Waals surface area contributed by atoms with Crippen molar-refractivity contribution in [2.24, 2.45) is 0 Å². The third-order valence-electron chi connectivity index (χ3n) is 10.1. The fourth-order valence-corrected chi connectivity index (χ4v) is 7.59. The molecule has 244 valence electrons. The molecule has 0 saturated carbocycles. The van der Waals surface area contributed by atoms with Gasteiger partial charge in [0.05, 0.1) is 5.69 Å². The van der Waals surface area contributed by atoms with Gasteiger partial charge in [0.25, 0.3) is 0 Å². The van der Waals surface area contributed by atoms with E-state index in [1.165, 1.54) is 38.2 Å². The Balaban J connectivity index is 1.13. The largest absolute Gasteiger partial charge is 0.435 e. The molecule has 0 fully saturated rings. The van der Waals surface area contributed by atoms with Gasteiger partial charge in [-0.25, -0.2) is 4.98 Å². The highest BCUT2D eigenvalue weighted by Gasteiger charge is 2.19. The summed E-state index contributed by atoms with van der Waals surface area (Å²) in [5.41, 5.74) is 10.6. The Hall–Kier alpha value is -6.97. The Morgan fingerprint density at radius 3 is 1.81 bits per heavy atom. The van der Waals surface area contributed by atoms with Crippen molar-refractivity contribution in [2.45, 2.75) is 0 Å². The van der Waals surface area contributed by atoms with Crippen molar-refractivity contribution in [3.63, 3.8) is 0 Å². The molecule has 9 aromatic carbocycles. The third kappa shape index (κ3) is 5.10. The van der Waals surface area contributed by atoms with Gasteiger partial charge < -0.3 is 9.32 Å². The second-order valence-corrected chi connectivity index (χ2v) is 13.2. The first-order chi connectivity index (χ1) is 25.8. The van der Waals surface area contributed by atoms with Gasteiger partial charge in [-0.05, 0) is 104 Å². The van der Waals surface area contributed by atoms with Gasteiger partial charge in [-0.2, -0.15) is 0 Å². The molecule has 3 nitrogen and oxygen atoms in total. The van der Waals surface area contributed by atoms with E-state index in [2.05, 4.69) is 169 Å². The first-order valence-corrected chi connectivity index (χ1v) is 17.6. The molecule has 0 unspecified atom stereocenters. The smallest absolute Gasteiger partial charge is 0.227 e. The standard InChI is InChI=1S/C49H32N2O/c1-3-13-33(14-4-1)41-19-11-12-22-47(41)51(39-28-29-42-37(31-39)25-30-46-48(42)52-49(50-46)35-15-5-2-6-16-35)38-26-23-34(24-27-38)45-32-36-17-7-8-18-40(36)43-20-9-10-21-44(43)45/h1-32H. The second-order valence-electron chi connectivity index (χ2n) is 13.2. The van der Waals surface area contributed by atoms with Gasteiger partial charge in [-0.15, -0.1) is 0 Å². The van der Waals surface area contributed by atoms with Gasteiger partial charge in [-0.1, -0.05) is 133 Å². The van der Waals surface area contributed by atoms with Gasteiger partial charge in [0.1, 0.15) is 5.52 Å². The lowest BCUT2D eigenvalue weighted by Gasteiger charge is -2.28. The van der Waals surface area contributed by atoms with Crippen LogP contribution in [0.4, 0.5) is 17.1 Å². The molecule has 0 radical (unpaired) electrons. The number of hydrogen-bond acceptors (Lipinski definition) is 3.